The molecule has 1 aliphatic carbocycles. The summed E-state index contributed by atoms with van der Waals surface area (Å²) in [7, 11) is 0. The van der Waals surface area contributed by atoms with Crippen LogP contribution in [0, 0.1) is 5.92 Å². The van der Waals surface area contributed by atoms with Gasteiger partial charge in [0.05, 0.1) is 0 Å². The first kappa shape index (κ1) is 17.0. The van der Waals surface area contributed by atoms with Gasteiger partial charge in [-0.3, -0.25) is 0 Å². The van der Waals surface area contributed by atoms with Crippen molar-refractivity contribution in [3.8, 4) is 0 Å². The van der Waals surface area contributed by atoms with Gasteiger partial charge < -0.3 is 5.32 Å². The van der Waals surface area contributed by atoms with Crippen LogP contribution in [0.4, 0.5) is 5.82 Å². The SMILES string of the molecule is CC1=C(c2ccc(NCc3ccccc3Cl)nc2)C2CCCCC2S1. The lowest BCUT2D eigenvalue weighted by atomic mass is 9.81. The zero-order chi connectivity index (χ0) is 17.2. The van der Waals surface area contributed by atoms with Crippen LogP contribution in [-0.2, 0) is 6.54 Å². The zero-order valence-electron chi connectivity index (χ0n) is 14.5. The summed E-state index contributed by atoms with van der Waals surface area (Å²) in [6, 6.07) is 12.2. The molecular formula is C21H23ClN2S. The molecule has 4 rings (SSSR count). The highest BCUT2D eigenvalue weighted by molar-refractivity contribution is 8.04. The predicted molar refractivity (Wildman–Crippen MR) is 109 cm³/mol. The topological polar surface area (TPSA) is 24.9 Å². The highest BCUT2D eigenvalue weighted by atomic mass is 35.5. The first-order chi connectivity index (χ1) is 12.2. The second-order valence-corrected chi connectivity index (χ2v) is 8.75. The first-order valence-corrected chi connectivity index (χ1v) is 10.3. The molecule has 2 nitrogen and oxygen atoms in total. The number of anilines is 1. The minimum absolute atomic E-state index is 0.689. The number of fused-ring (bicyclic) bond motifs is 1. The molecule has 2 unspecified atom stereocenters. The third-order valence-corrected chi connectivity index (χ3v) is 7.08. The predicted octanol–water partition coefficient (Wildman–Crippen LogP) is 6.38. The van der Waals surface area contributed by atoms with Crippen molar-refractivity contribution in [1.29, 1.82) is 0 Å². The van der Waals surface area contributed by atoms with Crippen LogP contribution in [0.5, 0.6) is 0 Å². The number of hydrogen-bond acceptors (Lipinski definition) is 3. The quantitative estimate of drug-likeness (QED) is 0.675. The number of benzene rings is 1. The number of hydrogen-bond donors (Lipinski definition) is 1. The van der Waals surface area contributed by atoms with Crippen LogP contribution in [0.15, 0.2) is 47.5 Å². The van der Waals surface area contributed by atoms with Gasteiger partial charge in [0, 0.05) is 23.0 Å². The maximum Gasteiger partial charge on any atom is 0.126 e. The molecule has 2 aliphatic rings. The fourth-order valence-electron chi connectivity index (χ4n) is 4.02. The molecule has 25 heavy (non-hydrogen) atoms. The Hall–Kier alpha value is -1.45. The van der Waals surface area contributed by atoms with E-state index >= 15 is 0 Å². The van der Waals surface area contributed by atoms with Gasteiger partial charge in [0.15, 0.2) is 0 Å². The van der Waals surface area contributed by atoms with Crippen molar-refractivity contribution in [1.82, 2.24) is 4.98 Å². The van der Waals surface area contributed by atoms with Gasteiger partial charge in [-0.1, -0.05) is 42.6 Å². The molecule has 1 aromatic carbocycles. The van der Waals surface area contributed by atoms with Crippen molar-refractivity contribution in [3.63, 3.8) is 0 Å². The third kappa shape index (κ3) is 3.58. The van der Waals surface area contributed by atoms with E-state index in [0.717, 1.165) is 27.6 Å². The summed E-state index contributed by atoms with van der Waals surface area (Å²) in [6.07, 6.45) is 7.48. The normalized spacial score (nSPS) is 22.8. The number of pyridine rings is 1. The van der Waals surface area contributed by atoms with Crippen molar-refractivity contribution < 1.29 is 0 Å². The molecule has 1 aromatic heterocycles. The molecule has 2 aromatic rings. The Morgan fingerprint density at radius 1 is 1.16 bits per heavy atom. The van der Waals surface area contributed by atoms with E-state index in [2.05, 4.69) is 41.1 Å². The molecular weight excluding hydrogens is 348 g/mol. The molecule has 1 aliphatic heterocycles. The Balaban J connectivity index is 1.47. The number of rotatable bonds is 4. The van der Waals surface area contributed by atoms with E-state index in [0.29, 0.717) is 6.54 Å². The first-order valence-electron chi connectivity index (χ1n) is 9.03. The molecule has 0 radical (unpaired) electrons. The Morgan fingerprint density at radius 3 is 2.80 bits per heavy atom. The Kier molecular flexibility index (Phi) is 5.05. The van der Waals surface area contributed by atoms with Gasteiger partial charge in [0.25, 0.3) is 0 Å². The average molecular weight is 371 g/mol. The molecule has 1 N–H and O–H groups in total. The van der Waals surface area contributed by atoms with Gasteiger partial charge >= 0.3 is 0 Å². The Labute approximate surface area is 159 Å². The van der Waals surface area contributed by atoms with E-state index < -0.39 is 0 Å². The largest absolute Gasteiger partial charge is 0.366 e. The lowest BCUT2D eigenvalue weighted by Gasteiger charge is -2.26. The number of allylic oxidation sites excluding steroid dienone is 2. The number of nitrogens with zero attached hydrogens (tertiary/aromatic N) is 1. The van der Waals surface area contributed by atoms with Crippen molar-refractivity contribution in [2.75, 3.05) is 5.32 Å². The minimum Gasteiger partial charge on any atom is -0.366 e. The molecule has 0 spiro atoms. The van der Waals surface area contributed by atoms with Gasteiger partial charge in [0.2, 0.25) is 0 Å². The van der Waals surface area contributed by atoms with Gasteiger partial charge in [-0.2, -0.15) is 0 Å². The number of thioether (sulfide) groups is 1. The summed E-state index contributed by atoms with van der Waals surface area (Å²) in [6.45, 7) is 2.97. The summed E-state index contributed by atoms with van der Waals surface area (Å²) >= 11 is 8.30. The summed E-state index contributed by atoms with van der Waals surface area (Å²) < 4.78 is 0. The summed E-state index contributed by atoms with van der Waals surface area (Å²) in [5.41, 5.74) is 3.92. The highest BCUT2D eigenvalue weighted by Crippen LogP contribution is 2.52. The van der Waals surface area contributed by atoms with E-state index in [-0.39, 0.29) is 0 Å². The van der Waals surface area contributed by atoms with Crippen molar-refractivity contribution in [2.24, 2.45) is 5.92 Å². The highest BCUT2D eigenvalue weighted by Gasteiger charge is 2.36. The zero-order valence-corrected chi connectivity index (χ0v) is 16.0. The molecule has 2 atom stereocenters. The number of aromatic nitrogens is 1. The summed E-state index contributed by atoms with van der Waals surface area (Å²) in [5, 5.41) is 4.95. The van der Waals surface area contributed by atoms with Crippen molar-refractivity contribution >= 4 is 34.8 Å². The van der Waals surface area contributed by atoms with Gasteiger partial charge in [-0.15, -0.1) is 11.8 Å². The van der Waals surface area contributed by atoms with Crippen LogP contribution in [0.3, 0.4) is 0 Å². The molecule has 4 heteroatoms. The van der Waals surface area contributed by atoms with E-state index in [1.165, 1.54) is 36.2 Å². The number of nitrogens with one attached hydrogen (secondary N) is 1. The van der Waals surface area contributed by atoms with Crippen LogP contribution in [0.25, 0.3) is 5.57 Å². The maximum absolute atomic E-state index is 6.21. The third-order valence-electron chi connectivity index (χ3n) is 5.27. The van der Waals surface area contributed by atoms with E-state index in [4.69, 9.17) is 11.6 Å². The minimum atomic E-state index is 0.689. The smallest absolute Gasteiger partial charge is 0.126 e. The molecule has 2 heterocycles. The monoisotopic (exact) mass is 370 g/mol. The van der Waals surface area contributed by atoms with Gasteiger partial charge in [-0.25, -0.2) is 4.98 Å². The van der Waals surface area contributed by atoms with E-state index in [1.807, 2.05) is 30.5 Å². The van der Waals surface area contributed by atoms with Crippen LogP contribution in [0.1, 0.15) is 43.7 Å². The molecule has 0 bridgehead atoms. The second-order valence-electron chi connectivity index (χ2n) is 6.89. The standard InChI is InChI=1S/C21H23ClN2S/c1-14-21(17-7-3-5-9-19(17)25-14)16-10-11-20(24-13-16)23-12-15-6-2-4-8-18(15)22/h2,4,6,8,10-11,13,17,19H,3,5,7,9,12H2,1H3,(H,23,24). The van der Waals surface area contributed by atoms with E-state index in [9.17, 15) is 0 Å². The summed E-state index contributed by atoms with van der Waals surface area (Å²) in [4.78, 5) is 6.14. The molecule has 130 valence electrons. The molecule has 0 saturated heterocycles. The lowest BCUT2D eigenvalue weighted by Crippen LogP contribution is -2.19. The fraction of sp³-hybridized carbons (Fsp3) is 0.381. The second kappa shape index (κ2) is 7.43. The van der Waals surface area contributed by atoms with Crippen LogP contribution in [-0.4, -0.2) is 10.2 Å². The van der Waals surface area contributed by atoms with E-state index in [1.54, 1.807) is 5.57 Å². The van der Waals surface area contributed by atoms with Crippen LogP contribution < -0.4 is 5.32 Å². The van der Waals surface area contributed by atoms with Crippen LogP contribution >= 0.6 is 23.4 Å². The van der Waals surface area contributed by atoms with Crippen molar-refractivity contribution in [2.45, 2.75) is 44.4 Å². The molecule has 0 amide bonds. The molecule has 1 fully saturated rings. The number of halogens is 1. The summed E-state index contributed by atoms with van der Waals surface area (Å²) in [5.74, 6) is 1.62. The average Bonchev–Trinajstić information content (AvgIpc) is 2.97. The van der Waals surface area contributed by atoms with Gasteiger partial charge in [0.1, 0.15) is 5.82 Å². The van der Waals surface area contributed by atoms with Crippen molar-refractivity contribution in [3.05, 3.63) is 63.6 Å². The fourth-order valence-corrected chi connectivity index (χ4v) is 5.80. The maximum atomic E-state index is 6.21. The van der Waals surface area contributed by atoms with Crippen LogP contribution in [0.2, 0.25) is 5.02 Å². The lowest BCUT2D eigenvalue weighted by molar-refractivity contribution is 0.446. The Bertz CT molecular complexity index is 785. The Morgan fingerprint density at radius 2 is 2.00 bits per heavy atom. The molecule has 1 saturated carbocycles. The van der Waals surface area contributed by atoms with Gasteiger partial charge in [-0.05, 0) is 65.5 Å².